The highest BCUT2D eigenvalue weighted by atomic mass is 32.2. The molecule has 1 aromatic heterocycles. The normalized spacial score (nSPS) is 11.3. The molecule has 2 aromatic carbocycles. The van der Waals surface area contributed by atoms with Crippen molar-refractivity contribution in [2.75, 3.05) is 12.4 Å². The van der Waals surface area contributed by atoms with Crippen LogP contribution in [0.3, 0.4) is 0 Å². The quantitative estimate of drug-likeness (QED) is 0.670. The second-order valence-electron chi connectivity index (χ2n) is 6.75. The number of anilines is 1. The Labute approximate surface area is 170 Å². The van der Waals surface area contributed by atoms with E-state index in [1.165, 1.54) is 24.3 Å². The number of primary sulfonamides is 1. The van der Waals surface area contributed by atoms with Crippen LogP contribution in [-0.4, -0.2) is 36.2 Å². The van der Waals surface area contributed by atoms with Crippen molar-refractivity contribution in [2.45, 2.75) is 25.3 Å². The van der Waals surface area contributed by atoms with Crippen LogP contribution in [0.25, 0.3) is 5.69 Å². The molecule has 3 aromatic rings. The van der Waals surface area contributed by atoms with Gasteiger partial charge in [-0.3, -0.25) is 0 Å². The van der Waals surface area contributed by atoms with E-state index in [1.54, 1.807) is 11.9 Å². The summed E-state index contributed by atoms with van der Waals surface area (Å²) < 4.78 is 24.5. The van der Waals surface area contributed by atoms with Gasteiger partial charge in [-0.15, -0.1) is 0 Å². The van der Waals surface area contributed by atoms with E-state index >= 15 is 0 Å². The number of nitrogens with one attached hydrogen (secondary N) is 1. The molecule has 0 bridgehead atoms. The minimum Gasteiger partial charge on any atom is -0.323 e. The maximum Gasteiger partial charge on any atom is 0.321 e. The van der Waals surface area contributed by atoms with Crippen molar-refractivity contribution < 1.29 is 13.2 Å². The van der Waals surface area contributed by atoms with Crippen molar-refractivity contribution in [1.29, 1.82) is 0 Å². The fraction of sp³-hybridized carbons (Fsp3) is 0.200. The number of carbonyl (C=O) groups is 1. The lowest BCUT2D eigenvalue weighted by molar-refractivity contribution is 0.220. The van der Waals surface area contributed by atoms with Gasteiger partial charge in [-0.1, -0.05) is 18.2 Å². The van der Waals surface area contributed by atoms with Crippen molar-refractivity contribution in [3.63, 3.8) is 0 Å². The van der Waals surface area contributed by atoms with E-state index in [4.69, 9.17) is 5.14 Å². The van der Waals surface area contributed by atoms with Gasteiger partial charge in [0.05, 0.1) is 22.8 Å². The number of nitrogens with zero attached hydrogens (tertiary/aromatic N) is 3. The Bertz CT molecular complexity index is 1120. The van der Waals surface area contributed by atoms with Crippen LogP contribution >= 0.6 is 0 Å². The zero-order valence-corrected chi connectivity index (χ0v) is 17.3. The molecule has 0 fully saturated rings. The number of hydrogen-bond acceptors (Lipinski definition) is 4. The molecule has 1 heterocycles. The van der Waals surface area contributed by atoms with Crippen molar-refractivity contribution in [3.05, 3.63) is 71.5 Å². The van der Waals surface area contributed by atoms with Gasteiger partial charge in [-0.25, -0.2) is 23.0 Å². The smallest absolute Gasteiger partial charge is 0.321 e. The summed E-state index contributed by atoms with van der Waals surface area (Å²) in [6, 6.07) is 15.2. The Balaban J connectivity index is 1.72. The van der Waals surface area contributed by atoms with Crippen LogP contribution in [0.15, 0.2) is 59.5 Å². The van der Waals surface area contributed by atoms with Gasteiger partial charge in [-0.2, -0.15) is 5.10 Å². The van der Waals surface area contributed by atoms with Crippen molar-refractivity contribution in [1.82, 2.24) is 14.7 Å². The highest BCUT2D eigenvalue weighted by Crippen LogP contribution is 2.20. The van der Waals surface area contributed by atoms with E-state index in [9.17, 15) is 13.2 Å². The largest absolute Gasteiger partial charge is 0.323 e. The van der Waals surface area contributed by atoms with E-state index in [-0.39, 0.29) is 10.9 Å². The summed E-state index contributed by atoms with van der Waals surface area (Å²) in [7, 11) is -2.08. The zero-order valence-electron chi connectivity index (χ0n) is 16.5. The number of nitrogens with two attached hydrogens (primary N) is 1. The lowest BCUT2D eigenvalue weighted by Gasteiger charge is -2.18. The molecule has 9 heteroatoms. The minimum absolute atomic E-state index is 0.0107. The van der Waals surface area contributed by atoms with Crippen LogP contribution in [0.2, 0.25) is 0 Å². The third-order valence-electron chi connectivity index (χ3n) is 4.62. The predicted octanol–water partition coefficient (Wildman–Crippen LogP) is 2.80. The van der Waals surface area contributed by atoms with Gasteiger partial charge in [0.2, 0.25) is 10.0 Å². The molecule has 29 heavy (non-hydrogen) atoms. The second-order valence-corrected chi connectivity index (χ2v) is 8.31. The van der Waals surface area contributed by atoms with Gasteiger partial charge < -0.3 is 10.2 Å². The molecule has 0 radical (unpaired) electrons. The first kappa shape index (κ1) is 20.6. The molecule has 0 aliphatic rings. The molecule has 0 aliphatic heterocycles. The van der Waals surface area contributed by atoms with Crippen LogP contribution in [-0.2, 0) is 16.6 Å². The molecule has 0 saturated heterocycles. The summed E-state index contributed by atoms with van der Waals surface area (Å²) in [6.45, 7) is 4.27. The first-order valence-corrected chi connectivity index (χ1v) is 10.5. The van der Waals surface area contributed by atoms with Crippen LogP contribution < -0.4 is 10.5 Å². The first-order chi connectivity index (χ1) is 13.7. The number of hydrogen-bond donors (Lipinski definition) is 2. The fourth-order valence-corrected chi connectivity index (χ4v) is 3.50. The van der Waals surface area contributed by atoms with Gasteiger partial charge in [-0.05, 0) is 50.2 Å². The first-order valence-electron chi connectivity index (χ1n) is 8.92. The number of rotatable bonds is 5. The number of para-hydroxylation sites is 1. The number of aromatic nitrogens is 2. The van der Waals surface area contributed by atoms with E-state index in [0.717, 1.165) is 22.6 Å². The molecule has 0 unspecified atom stereocenters. The Morgan fingerprint density at radius 3 is 2.31 bits per heavy atom. The summed E-state index contributed by atoms with van der Waals surface area (Å²) in [5.41, 5.74) is 4.22. The van der Waals surface area contributed by atoms with E-state index in [0.29, 0.717) is 12.2 Å². The van der Waals surface area contributed by atoms with Crippen LogP contribution in [0.1, 0.15) is 17.0 Å². The number of amides is 2. The van der Waals surface area contributed by atoms with Crippen molar-refractivity contribution in [2.24, 2.45) is 5.14 Å². The Kier molecular flexibility index (Phi) is 5.71. The van der Waals surface area contributed by atoms with Gasteiger partial charge in [0, 0.05) is 24.0 Å². The highest BCUT2D eigenvalue weighted by Gasteiger charge is 2.17. The van der Waals surface area contributed by atoms with E-state index in [2.05, 4.69) is 10.4 Å². The van der Waals surface area contributed by atoms with Crippen molar-refractivity contribution in [3.8, 4) is 5.69 Å². The summed E-state index contributed by atoms with van der Waals surface area (Å²) >= 11 is 0. The van der Waals surface area contributed by atoms with Crippen LogP contribution in [0.5, 0.6) is 0 Å². The molecule has 0 spiro atoms. The molecule has 0 atom stereocenters. The minimum atomic E-state index is -3.77. The standard InChI is InChI=1S/C20H23N5O3S/c1-14-19(15(2)25(23-14)17-7-5-4-6-8-17)13-24(3)20(26)22-16-9-11-18(12-10-16)29(21,27)28/h4-12H,13H2,1-3H3,(H,22,26)(H2,21,27,28). The summed E-state index contributed by atoms with van der Waals surface area (Å²) in [5, 5.41) is 12.4. The fourth-order valence-electron chi connectivity index (χ4n) is 2.98. The van der Waals surface area contributed by atoms with Gasteiger partial charge in [0.15, 0.2) is 0 Å². The van der Waals surface area contributed by atoms with Crippen LogP contribution in [0, 0.1) is 13.8 Å². The molecule has 3 N–H and O–H groups in total. The van der Waals surface area contributed by atoms with Gasteiger partial charge in [0.25, 0.3) is 0 Å². The summed E-state index contributed by atoms with van der Waals surface area (Å²) in [6.07, 6.45) is 0. The van der Waals surface area contributed by atoms with Gasteiger partial charge in [0.1, 0.15) is 0 Å². The molecule has 0 saturated carbocycles. The highest BCUT2D eigenvalue weighted by molar-refractivity contribution is 7.89. The molecule has 8 nitrogen and oxygen atoms in total. The maximum absolute atomic E-state index is 12.5. The SMILES string of the molecule is Cc1nn(-c2ccccc2)c(C)c1CN(C)C(=O)Nc1ccc(S(N)(=O)=O)cc1. The lowest BCUT2D eigenvalue weighted by atomic mass is 10.2. The van der Waals surface area contributed by atoms with E-state index in [1.807, 2.05) is 48.9 Å². The molecular formula is C20H23N5O3S. The summed E-state index contributed by atoms with van der Waals surface area (Å²) in [4.78, 5) is 14.1. The Hall–Kier alpha value is -3.17. The summed E-state index contributed by atoms with van der Waals surface area (Å²) in [5.74, 6) is 0. The van der Waals surface area contributed by atoms with Gasteiger partial charge >= 0.3 is 6.03 Å². The van der Waals surface area contributed by atoms with Crippen LogP contribution in [0.4, 0.5) is 10.5 Å². The van der Waals surface area contributed by atoms with Crippen molar-refractivity contribution >= 4 is 21.7 Å². The lowest BCUT2D eigenvalue weighted by Crippen LogP contribution is -2.31. The molecule has 2 amide bonds. The Morgan fingerprint density at radius 1 is 1.10 bits per heavy atom. The monoisotopic (exact) mass is 413 g/mol. The third kappa shape index (κ3) is 4.64. The number of aryl methyl sites for hydroxylation is 1. The third-order valence-corrected chi connectivity index (χ3v) is 5.55. The number of sulfonamides is 1. The molecule has 0 aliphatic carbocycles. The molecule has 152 valence electrons. The number of urea groups is 1. The maximum atomic E-state index is 12.5. The number of benzene rings is 2. The average molecular weight is 414 g/mol. The molecular weight excluding hydrogens is 390 g/mol. The average Bonchev–Trinajstić information content (AvgIpc) is 2.96. The topological polar surface area (TPSA) is 110 Å². The zero-order chi connectivity index (χ0) is 21.2. The molecule has 3 rings (SSSR count). The number of carbonyl (C=O) groups excluding carboxylic acids is 1. The Morgan fingerprint density at radius 2 is 1.72 bits per heavy atom. The second kappa shape index (κ2) is 8.06. The van der Waals surface area contributed by atoms with E-state index < -0.39 is 10.0 Å². The predicted molar refractivity (Wildman–Crippen MR) is 111 cm³/mol.